The first-order valence-corrected chi connectivity index (χ1v) is 21.5. The number of aromatic hydroxyl groups is 1. The lowest BCUT2D eigenvalue weighted by Gasteiger charge is -2.40. The van der Waals surface area contributed by atoms with E-state index >= 15 is 0 Å². The fourth-order valence-corrected chi connectivity index (χ4v) is 9.87. The number of benzene rings is 1. The maximum Gasteiger partial charge on any atom is 0.309 e. The second-order valence-electron chi connectivity index (χ2n) is 17.3. The number of aromatic amines is 1. The Kier molecular flexibility index (Phi) is 16.5. The summed E-state index contributed by atoms with van der Waals surface area (Å²) in [6, 6.07) is 9.37. The van der Waals surface area contributed by atoms with Gasteiger partial charge >= 0.3 is 5.97 Å². The molecule has 0 bridgehead atoms. The Bertz CT molecular complexity index is 1600. The van der Waals surface area contributed by atoms with Gasteiger partial charge in [-0.05, 0) is 130 Å². The lowest BCUT2D eigenvalue weighted by atomic mass is 9.73. The van der Waals surface area contributed by atoms with Crippen LogP contribution in [-0.2, 0) is 17.6 Å². The highest BCUT2D eigenvalue weighted by atomic mass is 16.4. The van der Waals surface area contributed by atoms with Crippen LogP contribution < -0.4 is 16.4 Å². The molecule has 10 heteroatoms. The Morgan fingerprint density at radius 2 is 1.82 bits per heavy atom. The zero-order valence-corrected chi connectivity index (χ0v) is 33.8. The third-order valence-corrected chi connectivity index (χ3v) is 13.0. The molecule has 1 aromatic carbocycles. The summed E-state index contributed by atoms with van der Waals surface area (Å²) < 4.78 is 0. The number of rotatable bonds is 23. The number of hydrogen-bond donors (Lipinski definition) is 9. The number of aliphatic hydroxyl groups is 3. The summed E-state index contributed by atoms with van der Waals surface area (Å²) in [5.74, 6) is -0.692. The average Bonchev–Trinajstić information content (AvgIpc) is 3.73. The molecule has 9 atom stereocenters. The van der Waals surface area contributed by atoms with E-state index in [1.807, 2.05) is 31.5 Å². The van der Waals surface area contributed by atoms with Gasteiger partial charge < -0.3 is 46.9 Å². The highest BCUT2D eigenvalue weighted by Crippen LogP contribution is 2.49. The average molecular weight is 775 g/mol. The van der Waals surface area contributed by atoms with Crippen molar-refractivity contribution in [2.45, 2.75) is 127 Å². The molecular weight excluding hydrogens is 705 g/mol. The van der Waals surface area contributed by atoms with Crippen LogP contribution in [0.2, 0.25) is 0 Å². The number of carbonyl (C=O) groups is 1. The van der Waals surface area contributed by atoms with Crippen LogP contribution in [0.4, 0.5) is 0 Å². The minimum Gasteiger partial charge on any atom is -0.508 e. The molecule has 310 valence electrons. The number of dihydropyridines is 1. The van der Waals surface area contributed by atoms with E-state index in [1.165, 1.54) is 19.3 Å². The molecule has 0 amide bonds. The van der Waals surface area contributed by atoms with Crippen LogP contribution in [0.15, 0.2) is 72.2 Å². The predicted molar refractivity (Wildman–Crippen MR) is 223 cm³/mol. The van der Waals surface area contributed by atoms with Gasteiger partial charge in [0.1, 0.15) is 5.75 Å². The van der Waals surface area contributed by atoms with Crippen LogP contribution in [0.25, 0.3) is 0 Å². The van der Waals surface area contributed by atoms with Crippen molar-refractivity contribution in [1.82, 2.24) is 15.6 Å². The van der Waals surface area contributed by atoms with E-state index in [9.17, 15) is 30.3 Å². The number of carboxylic acids is 1. The molecule has 2 aromatic rings. The van der Waals surface area contributed by atoms with Crippen LogP contribution >= 0.6 is 0 Å². The van der Waals surface area contributed by atoms with Gasteiger partial charge in [0.2, 0.25) is 0 Å². The van der Waals surface area contributed by atoms with E-state index in [1.54, 1.807) is 12.1 Å². The van der Waals surface area contributed by atoms with E-state index in [0.29, 0.717) is 56.9 Å². The van der Waals surface area contributed by atoms with E-state index < -0.39 is 23.6 Å². The Balaban J connectivity index is 1.21. The molecule has 1 aliphatic heterocycles. The van der Waals surface area contributed by atoms with Crippen molar-refractivity contribution in [2.24, 2.45) is 41.2 Å². The van der Waals surface area contributed by atoms with E-state index in [2.05, 4.69) is 46.8 Å². The maximum absolute atomic E-state index is 12.8. The van der Waals surface area contributed by atoms with E-state index in [0.717, 1.165) is 67.3 Å². The molecule has 5 rings (SSSR count). The van der Waals surface area contributed by atoms with Crippen molar-refractivity contribution in [1.29, 1.82) is 0 Å². The number of unbranched alkanes of at least 4 members (excludes halogenated alkanes) is 4. The van der Waals surface area contributed by atoms with Crippen LogP contribution in [0.5, 0.6) is 5.75 Å². The number of aliphatic hydroxyl groups excluding tert-OH is 2. The second-order valence-corrected chi connectivity index (χ2v) is 17.3. The van der Waals surface area contributed by atoms with Gasteiger partial charge in [0, 0.05) is 36.8 Å². The minimum absolute atomic E-state index is 0.110. The van der Waals surface area contributed by atoms with Gasteiger partial charge in [-0.15, -0.1) is 0 Å². The first-order chi connectivity index (χ1) is 27.0. The topological polar surface area (TPSA) is 184 Å². The highest BCUT2D eigenvalue weighted by Gasteiger charge is 2.51. The maximum atomic E-state index is 12.8. The zero-order chi connectivity index (χ0) is 40.1. The standard InChI is InChI=1S/C46H70N4O6/c1-3-4-6-9-31-12-15-36(42(52)24-31)10-7-5-8-11-41(45(54)55)43(53)27-38(30-48-2)46(56)28-34(21-33-18-19-49-44(47)25-33)22-37(46)26-39-23-35(29-50-39)20-32-13-16-40(51)17-14-32/h12-18,23,25,29,31,34,36-38,41-43,48-53,56H,3-11,19-22,24,26-28,30,47H2,1-2H3,(H,54,55). The van der Waals surface area contributed by atoms with Gasteiger partial charge in [-0.2, -0.15) is 0 Å². The Morgan fingerprint density at radius 3 is 2.54 bits per heavy atom. The minimum atomic E-state index is -1.13. The van der Waals surface area contributed by atoms with Crippen LogP contribution in [0.1, 0.15) is 114 Å². The number of nitrogens with one attached hydrogen (secondary N) is 3. The van der Waals surface area contributed by atoms with E-state index in [4.69, 9.17) is 5.73 Å². The van der Waals surface area contributed by atoms with Gasteiger partial charge in [0.05, 0.1) is 29.5 Å². The highest BCUT2D eigenvalue weighted by molar-refractivity contribution is 5.70. The quantitative estimate of drug-likeness (QED) is 0.0438. The molecule has 0 radical (unpaired) electrons. The SMILES string of the molecule is CCCCCC1C=CC(CCCCCC(C(=O)O)C(O)CC(CNC)C2(O)CC(CC3=CCNC(N)=C3)CC2Cc2cc(Cc3ccc(O)cc3)c[nH]2)C(O)C1. The lowest BCUT2D eigenvalue weighted by molar-refractivity contribution is -0.148. The lowest BCUT2D eigenvalue weighted by Crippen LogP contribution is -2.48. The summed E-state index contributed by atoms with van der Waals surface area (Å²) >= 11 is 0. The third-order valence-electron chi connectivity index (χ3n) is 13.0. The largest absolute Gasteiger partial charge is 0.508 e. The first-order valence-electron chi connectivity index (χ1n) is 21.5. The van der Waals surface area contributed by atoms with Crippen molar-refractivity contribution >= 4 is 5.97 Å². The van der Waals surface area contributed by atoms with Crippen LogP contribution in [-0.4, -0.2) is 74.4 Å². The number of H-pyrrole nitrogens is 1. The Morgan fingerprint density at radius 1 is 1.04 bits per heavy atom. The molecule has 0 spiro atoms. The molecule has 2 heterocycles. The zero-order valence-electron chi connectivity index (χ0n) is 33.8. The molecular formula is C46H70N4O6. The summed E-state index contributed by atoms with van der Waals surface area (Å²) in [6.07, 6.45) is 22.2. The van der Waals surface area contributed by atoms with Crippen molar-refractivity contribution in [2.75, 3.05) is 20.1 Å². The normalized spacial score (nSPS) is 26.6. The smallest absolute Gasteiger partial charge is 0.309 e. The summed E-state index contributed by atoms with van der Waals surface area (Å²) in [4.78, 5) is 16.0. The summed E-state index contributed by atoms with van der Waals surface area (Å²) in [6.45, 7) is 3.34. The van der Waals surface area contributed by atoms with Crippen molar-refractivity contribution in [3.63, 3.8) is 0 Å². The van der Waals surface area contributed by atoms with Gasteiger partial charge in [0.25, 0.3) is 0 Å². The molecule has 10 nitrogen and oxygen atoms in total. The molecule has 56 heavy (non-hydrogen) atoms. The van der Waals surface area contributed by atoms with E-state index in [-0.39, 0.29) is 41.9 Å². The summed E-state index contributed by atoms with van der Waals surface area (Å²) in [5.41, 5.74) is 9.37. The Labute approximate surface area is 334 Å². The molecule has 1 fully saturated rings. The first kappa shape index (κ1) is 43.6. The Hall–Kier alpha value is -3.57. The fraction of sp³-hybridized carbons (Fsp3) is 0.630. The number of phenolic OH excluding ortho intramolecular Hbond substituents is 1. The summed E-state index contributed by atoms with van der Waals surface area (Å²) in [7, 11) is 1.85. The molecule has 2 aliphatic carbocycles. The molecule has 3 aliphatic rings. The van der Waals surface area contributed by atoms with Crippen LogP contribution in [0.3, 0.4) is 0 Å². The van der Waals surface area contributed by atoms with Gasteiger partial charge in [0.15, 0.2) is 0 Å². The predicted octanol–water partition coefficient (Wildman–Crippen LogP) is 6.70. The number of phenols is 1. The van der Waals surface area contributed by atoms with Crippen molar-refractivity contribution in [3.8, 4) is 5.75 Å². The molecule has 1 saturated carbocycles. The number of nitrogens with two attached hydrogens (primary N) is 1. The van der Waals surface area contributed by atoms with Gasteiger partial charge in [-0.25, -0.2) is 0 Å². The molecule has 9 unspecified atom stereocenters. The molecule has 1 aromatic heterocycles. The molecule has 10 N–H and O–H groups in total. The van der Waals surface area contributed by atoms with Gasteiger partial charge in [-0.1, -0.05) is 75.8 Å². The van der Waals surface area contributed by atoms with Crippen molar-refractivity contribution < 1.29 is 30.3 Å². The second kappa shape index (κ2) is 21.3. The summed E-state index contributed by atoms with van der Waals surface area (Å²) in [5, 5.41) is 61.6. The van der Waals surface area contributed by atoms with Crippen molar-refractivity contribution in [3.05, 3.63) is 89.0 Å². The monoisotopic (exact) mass is 775 g/mol. The number of aromatic nitrogens is 1. The third kappa shape index (κ3) is 12.5. The van der Waals surface area contributed by atoms with Crippen LogP contribution in [0, 0.1) is 35.5 Å². The van der Waals surface area contributed by atoms with Gasteiger partial charge in [-0.3, -0.25) is 4.79 Å². The number of carboxylic acid groups (broad SMARTS) is 1. The number of aliphatic carboxylic acids is 1. The number of hydrogen-bond acceptors (Lipinski definition) is 8. The molecule has 0 saturated heterocycles. The number of allylic oxidation sites excluding steroid dienone is 3. The fourth-order valence-electron chi connectivity index (χ4n) is 9.87.